The molecule has 9 nitrogen and oxygen atoms in total. The second-order valence-electron chi connectivity index (χ2n) is 8.37. The summed E-state index contributed by atoms with van der Waals surface area (Å²) in [6.45, 7) is 5.34. The Balaban J connectivity index is 2.14. The quantitative estimate of drug-likeness (QED) is 0.629. The smallest absolute Gasteiger partial charge is 0.408 e. The van der Waals surface area contributed by atoms with Gasteiger partial charge in [0, 0.05) is 13.0 Å². The van der Waals surface area contributed by atoms with Crippen molar-refractivity contribution in [3.05, 3.63) is 35.9 Å². The number of esters is 1. The number of alkyl carbamates (subject to hydrolysis) is 1. The predicted molar refractivity (Wildman–Crippen MR) is 113 cm³/mol. The molecule has 0 saturated carbocycles. The Morgan fingerprint density at radius 1 is 1.16 bits per heavy atom. The number of methoxy groups -OCH3 is 1. The van der Waals surface area contributed by atoms with E-state index in [-0.39, 0.29) is 18.9 Å². The zero-order valence-electron chi connectivity index (χ0n) is 18.5. The Labute approximate surface area is 182 Å². The number of benzene rings is 1. The molecule has 9 heteroatoms. The number of rotatable bonds is 7. The van der Waals surface area contributed by atoms with Gasteiger partial charge in [-0.3, -0.25) is 14.4 Å². The fourth-order valence-electron chi connectivity index (χ4n) is 3.35. The SMILES string of the molecule is COC(=O)CNC(=O)[C@H]1CCCN1C(=O)[C@H](Cc1ccccc1)NC(=O)OC(C)(C)C. The lowest BCUT2D eigenvalue weighted by molar-refractivity contribution is -0.143. The zero-order chi connectivity index (χ0) is 23.0. The molecule has 0 aromatic heterocycles. The number of nitrogens with one attached hydrogen (secondary N) is 2. The van der Waals surface area contributed by atoms with Crippen LogP contribution in [0.2, 0.25) is 0 Å². The van der Waals surface area contributed by atoms with E-state index in [1.54, 1.807) is 20.8 Å². The summed E-state index contributed by atoms with van der Waals surface area (Å²) in [5.41, 5.74) is 0.150. The minimum atomic E-state index is -0.897. The molecule has 1 heterocycles. The normalized spacial score (nSPS) is 16.9. The van der Waals surface area contributed by atoms with Gasteiger partial charge in [-0.05, 0) is 39.2 Å². The molecule has 0 radical (unpaired) electrons. The van der Waals surface area contributed by atoms with Crippen molar-refractivity contribution in [2.45, 2.75) is 57.7 Å². The molecule has 0 aliphatic carbocycles. The Morgan fingerprint density at radius 3 is 2.45 bits per heavy atom. The van der Waals surface area contributed by atoms with Crippen LogP contribution in [0.4, 0.5) is 4.79 Å². The highest BCUT2D eigenvalue weighted by Gasteiger charge is 2.38. The van der Waals surface area contributed by atoms with Gasteiger partial charge in [0.2, 0.25) is 11.8 Å². The molecule has 1 saturated heterocycles. The van der Waals surface area contributed by atoms with Gasteiger partial charge < -0.3 is 25.0 Å². The Morgan fingerprint density at radius 2 is 1.84 bits per heavy atom. The Bertz CT molecular complexity index is 790. The summed E-state index contributed by atoms with van der Waals surface area (Å²) in [6, 6.07) is 7.68. The van der Waals surface area contributed by atoms with Crippen LogP contribution >= 0.6 is 0 Å². The van der Waals surface area contributed by atoms with Crippen LogP contribution in [0.15, 0.2) is 30.3 Å². The summed E-state index contributed by atoms with van der Waals surface area (Å²) in [5.74, 6) is -1.37. The number of hydrogen-bond acceptors (Lipinski definition) is 6. The van der Waals surface area contributed by atoms with Gasteiger partial charge >= 0.3 is 12.1 Å². The van der Waals surface area contributed by atoms with E-state index in [1.165, 1.54) is 12.0 Å². The fourth-order valence-corrected chi connectivity index (χ4v) is 3.35. The third-order valence-electron chi connectivity index (χ3n) is 4.74. The summed E-state index contributed by atoms with van der Waals surface area (Å²) < 4.78 is 9.85. The monoisotopic (exact) mass is 433 g/mol. The standard InChI is InChI=1S/C22H31N3O6/c1-22(2,3)31-21(29)24-16(13-15-9-6-5-7-10-15)20(28)25-12-8-11-17(25)19(27)23-14-18(26)30-4/h5-7,9-10,16-17H,8,11-14H2,1-4H3,(H,23,27)(H,24,29)/t16-,17+/m0/s1. The van der Waals surface area contributed by atoms with Crippen LogP contribution in [0.3, 0.4) is 0 Å². The fraction of sp³-hybridized carbons (Fsp3) is 0.545. The van der Waals surface area contributed by atoms with Crippen molar-refractivity contribution in [1.29, 1.82) is 0 Å². The van der Waals surface area contributed by atoms with E-state index in [1.807, 2.05) is 30.3 Å². The number of nitrogens with zero attached hydrogens (tertiary/aromatic N) is 1. The lowest BCUT2D eigenvalue weighted by Gasteiger charge is -2.29. The van der Waals surface area contributed by atoms with Crippen molar-refractivity contribution in [1.82, 2.24) is 15.5 Å². The van der Waals surface area contributed by atoms with Crippen molar-refractivity contribution in [2.24, 2.45) is 0 Å². The zero-order valence-corrected chi connectivity index (χ0v) is 18.5. The van der Waals surface area contributed by atoms with Gasteiger partial charge in [-0.15, -0.1) is 0 Å². The highest BCUT2D eigenvalue weighted by Crippen LogP contribution is 2.20. The first-order valence-corrected chi connectivity index (χ1v) is 10.3. The van der Waals surface area contributed by atoms with Crippen LogP contribution in [-0.4, -0.2) is 66.7 Å². The first kappa shape index (κ1) is 24.2. The molecule has 1 aliphatic heterocycles. The molecule has 2 rings (SSSR count). The average Bonchev–Trinajstić information content (AvgIpc) is 3.20. The number of amides is 3. The highest BCUT2D eigenvalue weighted by atomic mass is 16.6. The molecular weight excluding hydrogens is 402 g/mol. The largest absolute Gasteiger partial charge is 0.468 e. The van der Waals surface area contributed by atoms with Crippen LogP contribution in [0.5, 0.6) is 0 Å². The molecular formula is C22H31N3O6. The van der Waals surface area contributed by atoms with Crippen molar-refractivity contribution >= 4 is 23.9 Å². The van der Waals surface area contributed by atoms with E-state index in [2.05, 4.69) is 15.4 Å². The van der Waals surface area contributed by atoms with E-state index in [0.717, 1.165) is 5.56 Å². The maximum atomic E-state index is 13.3. The van der Waals surface area contributed by atoms with Crippen molar-refractivity contribution in [2.75, 3.05) is 20.2 Å². The van der Waals surface area contributed by atoms with Gasteiger partial charge in [0.05, 0.1) is 7.11 Å². The summed E-state index contributed by atoms with van der Waals surface area (Å²) in [7, 11) is 1.23. The molecule has 1 aliphatic rings. The molecule has 2 N–H and O–H groups in total. The van der Waals surface area contributed by atoms with E-state index >= 15 is 0 Å². The highest BCUT2D eigenvalue weighted by molar-refractivity contribution is 5.93. The maximum absolute atomic E-state index is 13.3. The lowest BCUT2D eigenvalue weighted by Crippen LogP contribution is -2.55. The summed E-state index contributed by atoms with van der Waals surface area (Å²) in [6.07, 6.45) is 0.675. The van der Waals surface area contributed by atoms with Crippen LogP contribution < -0.4 is 10.6 Å². The first-order chi connectivity index (χ1) is 14.6. The first-order valence-electron chi connectivity index (χ1n) is 10.3. The van der Waals surface area contributed by atoms with Gasteiger partial charge in [-0.1, -0.05) is 30.3 Å². The Hall–Kier alpha value is -3.10. The van der Waals surface area contributed by atoms with Crippen LogP contribution in [-0.2, 0) is 30.3 Å². The van der Waals surface area contributed by atoms with Gasteiger partial charge in [-0.25, -0.2) is 4.79 Å². The molecule has 31 heavy (non-hydrogen) atoms. The second-order valence-corrected chi connectivity index (χ2v) is 8.37. The Kier molecular flexibility index (Phi) is 8.41. The predicted octanol–water partition coefficient (Wildman–Crippen LogP) is 1.40. The van der Waals surface area contributed by atoms with Gasteiger partial charge in [0.1, 0.15) is 24.2 Å². The van der Waals surface area contributed by atoms with E-state index in [0.29, 0.717) is 19.4 Å². The number of carbonyl (C=O) groups is 4. The molecule has 0 unspecified atom stereocenters. The average molecular weight is 434 g/mol. The second kappa shape index (κ2) is 10.8. The maximum Gasteiger partial charge on any atom is 0.408 e. The molecule has 0 bridgehead atoms. The lowest BCUT2D eigenvalue weighted by atomic mass is 10.0. The van der Waals surface area contributed by atoms with E-state index in [4.69, 9.17) is 4.74 Å². The topological polar surface area (TPSA) is 114 Å². The molecule has 3 amide bonds. The molecule has 1 aromatic rings. The molecule has 170 valence electrons. The van der Waals surface area contributed by atoms with Crippen molar-refractivity contribution < 1.29 is 28.7 Å². The number of carbonyl (C=O) groups excluding carboxylic acids is 4. The molecule has 1 aromatic carbocycles. The third kappa shape index (κ3) is 7.58. The summed E-state index contributed by atoms with van der Waals surface area (Å²) >= 11 is 0. The van der Waals surface area contributed by atoms with E-state index in [9.17, 15) is 19.2 Å². The van der Waals surface area contributed by atoms with Crippen LogP contribution in [0, 0.1) is 0 Å². The molecule has 2 atom stereocenters. The minimum absolute atomic E-state index is 0.256. The number of likely N-dealkylation sites (tertiary alicyclic amines) is 1. The summed E-state index contributed by atoms with van der Waals surface area (Å²) in [4.78, 5) is 51.0. The van der Waals surface area contributed by atoms with Crippen LogP contribution in [0.25, 0.3) is 0 Å². The minimum Gasteiger partial charge on any atom is -0.468 e. The molecule has 0 spiro atoms. The number of ether oxygens (including phenoxy) is 2. The number of hydrogen-bond donors (Lipinski definition) is 2. The third-order valence-corrected chi connectivity index (χ3v) is 4.74. The summed E-state index contributed by atoms with van der Waals surface area (Å²) in [5, 5.41) is 5.16. The van der Waals surface area contributed by atoms with Crippen LogP contribution in [0.1, 0.15) is 39.2 Å². The van der Waals surface area contributed by atoms with Gasteiger partial charge in [0.15, 0.2) is 0 Å². The molecule has 1 fully saturated rings. The van der Waals surface area contributed by atoms with Crippen molar-refractivity contribution in [3.63, 3.8) is 0 Å². The van der Waals surface area contributed by atoms with Crippen molar-refractivity contribution in [3.8, 4) is 0 Å². The van der Waals surface area contributed by atoms with Gasteiger partial charge in [-0.2, -0.15) is 0 Å². The van der Waals surface area contributed by atoms with Gasteiger partial charge in [0.25, 0.3) is 0 Å². The van der Waals surface area contributed by atoms with E-state index < -0.39 is 35.7 Å².